The van der Waals surface area contributed by atoms with Crippen molar-refractivity contribution in [3.05, 3.63) is 30.1 Å². The van der Waals surface area contributed by atoms with E-state index in [1.807, 2.05) is 0 Å². The molecule has 0 aromatic heterocycles. The van der Waals surface area contributed by atoms with Crippen LogP contribution in [0.5, 0.6) is 5.75 Å². The Morgan fingerprint density at radius 2 is 1.87 bits per heavy atom. The third-order valence-corrected chi connectivity index (χ3v) is 4.96. The summed E-state index contributed by atoms with van der Waals surface area (Å²) in [6, 6.07) is 6.23. The monoisotopic (exact) mass is 320 g/mol. The molecule has 1 saturated heterocycles. The Hall–Kier alpha value is -1.78. The summed E-state index contributed by atoms with van der Waals surface area (Å²) in [6.45, 7) is 3.28. The molecular formula is C18H25FN2O2. The zero-order valence-electron chi connectivity index (χ0n) is 13.6. The molecule has 0 spiro atoms. The van der Waals surface area contributed by atoms with E-state index in [2.05, 4.69) is 12.2 Å². The average Bonchev–Trinajstić information content (AvgIpc) is 2.53. The smallest absolute Gasteiger partial charge is 0.317 e. The van der Waals surface area contributed by atoms with E-state index in [0.717, 1.165) is 0 Å². The molecule has 126 valence electrons. The third-order valence-electron chi connectivity index (χ3n) is 4.96. The summed E-state index contributed by atoms with van der Waals surface area (Å²) in [5.41, 5.74) is 0. The summed E-state index contributed by atoms with van der Waals surface area (Å²) >= 11 is 0. The van der Waals surface area contributed by atoms with Gasteiger partial charge in [0.2, 0.25) is 0 Å². The summed E-state index contributed by atoms with van der Waals surface area (Å²) < 4.78 is 18.6. The van der Waals surface area contributed by atoms with Gasteiger partial charge in [-0.1, -0.05) is 19.3 Å². The second-order valence-corrected chi connectivity index (χ2v) is 6.74. The standard InChI is InChI=1S/C18H25FN2O2/c1-13(14-5-3-2-4-6-14)20-18(22)21-11-17(12-21)23-16-9-7-15(19)8-10-16/h7-10,13-14,17H,2-6,11-12H2,1H3,(H,20,22)/t13-/m0/s1. The van der Waals surface area contributed by atoms with E-state index >= 15 is 0 Å². The highest BCUT2D eigenvalue weighted by Gasteiger charge is 2.33. The van der Waals surface area contributed by atoms with E-state index in [1.54, 1.807) is 17.0 Å². The quantitative estimate of drug-likeness (QED) is 0.921. The first-order valence-electron chi connectivity index (χ1n) is 8.59. The third kappa shape index (κ3) is 4.15. The van der Waals surface area contributed by atoms with Gasteiger partial charge in [0.1, 0.15) is 17.7 Å². The lowest BCUT2D eigenvalue weighted by Crippen LogP contribution is -2.60. The fraction of sp³-hybridized carbons (Fsp3) is 0.611. The van der Waals surface area contributed by atoms with Gasteiger partial charge in [0, 0.05) is 6.04 Å². The molecule has 0 unspecified atom stereocenters. The number of rotatable bonds is 4. The highest BCUT2D eigenvalue weighted by atomic mass is 19.1. The largest absolute Gasteiger partial charge is 0.487 e. The normalized spacial score (nSPS) is 20.7. The minimum Gasteiger partial charge on any atom is -0.487 e. The van der Waals surface area contributed by atoms with Gasteiger partial charge < -0.3 is 15.0 Å². The number of likely N-dealkylation sites (tertiary alicyclic amines) is 1. The van der Waals surface area contributed by atoms with Crippen molar-refractivity contribution in [1.29, 1.82) is 0 Å². The number of carbonyl (C=O) groups is 1. The minimum absolute atomic E-state index is 0.00188. The molecule has 23 heavy (non-hydrogen) atoms. The van der Waals surface area contributed by atoms with Gasteiger partial charge in [-0.05, 0) is 49.9 Å². The van der Waals surface area contributed by atoms with Crippen molar-refractivity contribution in [2.75, 3.05) is 13.1 Å². The van der Waals surface area contributed by atoms with Crippen molar-refractivity contribution < 1.29 is 13.9 Å². The van der Waals surface area contributed by atoms with Gasteiger partial charge in [-0.15, -0.1) is 0 Å². The lowest BCUT2D eigenvalue weighted by molar-refractivity contribution is 0.0425. The van der Waals surface area contributed by atoms with Crippen molar-refractivity contribution >= 4 is 6.03 Å². The van der Waals surface area contributed by atoms with Crippen molar-refractivity contribution in [3.63, 3.8) is 0 Å². The molecule has 1 N–H and O–H groups in total. The fourth-order valence-corrected chi connectivity index (χ4v) is 3.42. The van der Waals surface area contributed by atoms with Crippen molar-refractivity contribution in [1.82, 2.24) is 10.2 Å². The predicted molar refractivity (Wildman–Crippen MR) is 87.0 cm³/mol. The van der Waals surface area contributed by atoms with Crippen LogP contribution in [0, 0.1) is 11.7 Å². The van der Waals surface area contributed by atoms with E-state index in [4.69, 9.17) is 4.74 Å². The SMILES string of the molecule is C[C@H](NC(=O)N1CC(Oc2ccc(F)cc2)C1)C1CCCCC1. The molecule has 1 saturated carbocycles. The van der Waals surface area contributed by atoms with Crippen LogP contribution in [0.2, 0.25) is 0 Å². The number of hydrogen-bond donors (Lipinski definition) is 1. The Bertz CT molecular complexity index is 522. The maximum absolute atomic E-state index is 12.8. The van der Waals surface area contributed by atoms with Crippen molar-refractivity contribution in [3.8, 4) is 5.75 Å². The Morgan fingerprint density at radius 3 is 2.52 bits per heavy atom. The summed E-state index contributed by atoms with van der Waals surface area (Å²) in [4.78, 5) is 14.0. The van der Waals surface area contributed by atoms with Crippen LogP contribution in [0.25, 0.3) is 0 Å². The number of ether oxygens (including phenoxy) is 1. The molecular weight excluding hydrogens is 295 g/mol. The van der Waals surface area contributed by atoms with Gasteiger partial charge in [-0.2, -0.15) is 0 Å². The van der Waals surface area contributed by atoms with Crippen LogP contribution in [0.15, 0.2) is 24.3 Å². The molecule has 4 nitrogen and oxygen atoms in total. The summed E-state index contributed by atoms with van der Waals surface area (Å²) in [7, 11) is 0. The number of hydrogen-bond acceptors (Lipinski definition) is 2. The van der Waals surface area contributed by atoms with Crippen molar-refractivity contribution in [2.24, 2.45) is 5.92 Å². The molecule has 0 bridgehead atoms. The molecule has 2 amide bonds. The first-order valence-corrected chi connectivity index (χ1v) is 8.59. The molecule has 3 rings (SSSR count). The van der Waals surface area contributed by atoms with Gasteiger partial charge >= 0.3 is 6.03 Å². The number of benzene rings is 1. The zero-order chi connectivity index (χ0) is 16.2. The molecule has 0 radical (unpaired) electrons. The molecule has 1 aliphatic heterocycles. The second-order valence-electron chi connectivity index (χ2n) is 6.74. The number of carbonyl (C=O) groups excluding carboxylic acids is 1. The Labute approximate surface area is 137 Å². The van der Waals surface area contributed by atoms with E-state index in [0.29, 0.717) is 24.8 Å². The highest BCUT2D eigenvalue weighted by Crippen LogP contribution is 2.26. The van der Waals surface area contributed by atoms with Gasteiger partial charge in [-0.25, -0.2) is 9.18 Å². The molecule has 1 aliphatic carbocycles. The van der Waals surface area contributed by atoms with E-state index in [-0.39, 0.29) is 24.0 Å². The number of urea groups is 1. The molecule has 1 aromatic rings. The Morgan fingerprint density at radius 1 is 1.22 bits per heavy atom. The molecule has 5 heteroatoms. The summed E-state index contributed by atoms with van der Waals surface area (Å²) in [5, 5.41) is 3.13. The van der Waals surface area contributed by atoms with E-state index in [1.165, 1.54) is 44.2 Å². The van der Waals surface area contributed by atoms with Gasteiger partial charge in [-0.3, -0.25) is 0 Å². The summed E-state index contributed by atoms with van der Waals surface area (Å²) in [6.07, 6.45) is 6.32. The molecule has 2 fully saturated rings. The van der Waals surface area contributed by atoms with E-state index < -0.39 is 0 Å². The zero-order valence-corrected chi connectivity index (χ0v) is 13.6. The highest BCUT2D eigenvalue weighted by molar-refractivity contribution is 5.75. The number of nitrogens with one attached hydrogen (secondary N) is 1. The van der Waals surface area contributed by atoms with Crippen LogP contribution in [-0.2, 0) is 0 Å². The first kappa shape index (κ1) is 16.1. The Kier molecular flexibility index (Phi) is 5.03. The lowest BCUT2D eigenvalue weighted by atomic mass is 9.84. The van der Waals surface area contributed by atoms with E-state index in [9.17, 15) is 9.18 Å². The van der Waals surface area contributed by atoms with Crippen LogP contribution in [0.1, 0.15) is 39.0 Å². The van der Waals surface area contributed by atoms with Crippen LogP contribution in [-0.4, -0.2) is 36.2 Å². The number of halogens is 1. The second kappa shape index (κ2) is 7.20. The molecule has 2 aliphatic rings. The molecule has 1 heterocycles. The lowest BCUT2D eigenvalue weighted by Gasteiger charge is -2.40. The Balaban J connectivity index is 1.40. The first-order chi connectivity index (χ1) is 11.1. The predicted octanol–water partition coefficient (Wildman–Crippen LogP) is 3.57. The number of amides is 2. The maximum atomic E-state index is 12.8. The molecule has 1 aromatic carbocycles. The van der Waals surface area contributed by atoms with Gasteiger partial charge in [0.25, 0.3) is 0 Å². The number of nitrogens with zero attached hydrogens (tertiary/aromatic N) is 1. The van der Waals surface area contributed by atoms with Crippen LogP contribution in [0.4, 0.5) is 9.18 Å². The minimum atomic E-state index is -0.274. The fourth-order valence-electron chi connectivity index (χ4n) is 3.42. The van der Waals surface area contributed by atoms with Gasteiger partial charge in [0.05, 0.1) is 13.1 Å². The average molecular weight is 320 g/mol. The topological polar surface area (TPSA) is 41.6 Å². The van der Waals surface area contributed by atoms with Crippen molar-refractivity contribution in [2.45, 2.75) is 51.2 Å². The van der Waals surface area contributed by atoms with Crippen LogP contribution >= 0.6 is 0 Å². The molecule has 1 atom stereocenters. The van der Waals surface area contributed by atoms with Gasteiger partial charge in [0.15, 0.2) is 0 Å². The van der Waals surface area contributed by atoms with Crippen LogP contribution < -0.4 is 10.1 Å². The maximum Gasteiger partial charge on any atom is 0.317 e. The van der Waals surface area contributed by atoms with Crippen LogP contribution in [0.3, 0.4) is 0 Å². The summed E-state index contributed by atoms with van der Waals surface area (Å²) in [5.74, 6) is 0.982.